The highest BCUT2D eigenvalue weighted by Gasteiger charge is 2.37. The molecule has 0 aromatic rings. The molecule has 0 bridgehead atoms. The Morgan fingerprint density at radius 1 is 1.31 bits per heavy atom. The monoisotopic (exact) mass is 228 g/mol. The summed E-state index contributed by atoms with van der Waals surface area (Å²) in [6.45, 7) is 3.54. The van der Waals surface area contributed by atoms with Gasteiger partial charge in [-0.3, -0.25) is 0 Å². The topological polar surface area (TPSA) is 38.7 Å². The van der Waals surface area contributed by atoms with Crippen LogP contribution in [0.25, 0.3) is 0 Å². The van der Waals surface area contributed by atoms with Crippen molar-refractivity contribution in [3.63, 3.8) is 0 Å². The Bertz CT molecular complexity index is 205. The molecule has 16 heavy (non-hydrogen) atoms. The largest absolute Gasteiger partial charge is 0.390 e. The number of hydrogen-bond acceptors (Lipinski definition) is 3. The quantitative estimate of drug-likeness (QED) is 0.803. The van der Waals surface area contributed by atoms with Crippen LogP contribution < -0.4 is 0 Å². The Balaban J connectivity index is 1.72. The number of ether oxygens (including phenoxy) is 2. The molecule has 1 aliphatic heterocycles. The summed E-state index contributed by atoms with van der Waals surface area (Å²) in [4.78, 5) is 0. The van der Waals surface area contributed by atoms with Crippen LogP contribution in [0.4, 0.5) is 0 Å². The van der Waals surface area contributed by atoms with Gasteiger partial charge in [-0.25, -0.2) is 0 Å². The van der Waals surface area contributed by atoms with Crippen molar-refractivity contribution in [3.8, 4) is 0 Å². The zero-order chi connectivity index (χ0) is 11.4. The van der Waals surface area contributed by atoms with E-state index in [4.69, 9.17) is 9.47 Å². The van der Waals surface area contributed by atoms with Crippen LogP contribution in [0, 0.1) is 5.92 Å². The van der Waals surface area contributed by atoms with Crippen LogP contribution in [-0.4, -0.2) is 30.2 Å². The molecule has 3 nitrogen and oxygen atoms in total. The van der Waals surface area contributed by atoms with Gasteiger partial charge in [-0.15, -0.1) is 0 Å². The van der Waals surface area contributed by atoms with Gasteiger partial charge in [0.2, 0.25) is 0 Å². The molecular weight excluding hydrogens is 204 g/mol. The highest BCUT2D eigenvalue weighted by atomic mass is 16.7. The van der Waals surface area contributed by atoms with Crippen LogP contribution in [0.15, 0.2) is 0 Å². The van der Waals surface area contributed by atoms with Crippen molar-refractivity contribution < 1.29 is 14.6 Å². The first-order valence-electron chi connectivity index (χ1n) is 6.66. The molecule has 0 amide bonds. The molecular formula is C13H24O3. The molecule has 2 rings (SSSR count). The summed E-state index contributed by atoms with van der Waals surface area (Å²) in [6, 6.07) is 0. The van der Waals surface area contributed by atoms with Gasteiger partial charge in [-0.1, -0.05) is 19.8 Å². The van der Waals surface area contributed by atoms with Gasteiger partial charge < -0.3 is 14.6 Å². The maximum absolute atomic E-state index is 10.4. The second kappa shape index (κ2) is 5.48. The minimum absolute atomic E-state index is 0.0267. The highest BCUT2D eigenvalue weighted by Crippen LogP contribution is 2.36. The van der Waals surface area contributed by atoms with Crippen LogP contribution in [0.2, 0.25) is 0 Å². The van der Waals surface area contributed by atoms with Crippen LogP contribution in [0.5, 0.6) is 0 Å². The van der Waals surface area contributed by atoms with Crippen molar-refractivity contribution in [3.05, 3.63) is 0 Å². The lowest BCUT2D eigenvalue weighted by Crippen LogP contribution is -2.37. The molecule has 3 heteroatoms. The molecule has 1 N–H and O–H groups in total. The predicted molar refractivity (Wildman–Crippen MR) is 62.1 cm³/mol. The highest BCUT2D eigenvalue weighted by molar-refractivity contribution is 4.88. The molecule has 94 valence electrons. The number of hydrogen-bond donors (Lipinski definition) is 1. The second-order valence-corrected chi connectivity index (χ2v) is 5.34. The lowest BCUT2D eigenvalue weighted by molar-refractivity contribution is -0.179. The van der Waals surface area contributed by atoms with Crippen molar-refractivity contribution in [1.29, 1.82) is 0 Å². The van der Waals surface area contributed by atoms with E-state index in [1.54, 1.807) is 0 Å². The minimum Gasteiger partial charge on any atom is -0.390 e. The average Bonchev–Trinajstić information content (AvgIpc) is 2.76. The fourth-order valence-electron chi connectivity index (χ4n) is 2.73. The summed E-state index contributed by atoms with van der Waals surface area (Å²) in [5, 5.41) is 10.4. The molecule has 0 aromatic heterocycles. The lowest BCUT2D eigenvalue weighted by atomic mass is 9.88. The van der Waals surface area contributed by atoms with E-state index in [9.17, 15) is 5.11 Å². The zero-order valence-electron chi connectivity index (χ0n) is 10.3. The molecule has 1 saturated heterocycles. The van der Waals surface area contributed by atoms with Gasteiger partial charge in [0.25, 0.3) is 0 Å². The zero-order valence-corrected chi connectivity index (χ0v) is 10.3. The molecule has 1 saturated carbocycles. The van der Waals surface area contributed by atoms with Crippen LogP contribution in [0.3, 0.4) is 0 Å². The summed E-state index contributed by atoms with van der Waals surface area (Å²) in [5.41, 5.74) is -0.478. The Hall–Kier alpha value is -0.120. The van der Waals surface area contributed by atoms with Crippen LogP contribution in [0.1, 0.15) is 51.9 Å². The Morgan fingerprint density at radius 3 is 2.69 bits per heavy atom. The summed E-state index contributed by atoms with van der Waals surface area (Å²) < 4.78 is 11.3. The van der Waals surface area contributed by atoms with Gasteiger partial charge in [0, 0.05) is 12.5 Å². The van der Waals surface area contributed by atoms with E-state index in [1.165, 1.54) is 6.42 Å². The Morgan fingerprint density at radius 2 is 2.06 bits per heavy atom. The Labute approximate surface area is 98.1 Å². The summed E-state index contributed by atoms with van der Waals surface area (Å²) in [7, 11) is 0. The standard InChI is InChI=1S/C13H24O3/c1-11(13(14)7-3-4-8-13)10-16-12-6-2-5-9-15-12/h11-12,14H,2-10H2,1H3/t11-,12?/m0/s1. The second-order valence-electron chi connectivity index (χ2n) is 5.34. The minimum atomic E-state index is -0.478. The molecule has 2 atom stereocenters. The first-order valence-corrected chi connectivity index (χ1v) is 6.66. The first kappa shape index (κ1) is 12.3. The van der Waals surface area contributed by atoms with Crippen molar-refractivity contribution >= 4 is 0 Å². The van der Waals surface area contributed by atoms with Crippen molar-refractivity contribution in [2.75, 3.05) is 13.2 Å². The van der Waals surface area contributed by atoms with Crippen LogP contribution >= 0.6 is 0 Å². The third-order valence-electron chi connectivity index (χ3n) is 4.06. The number of aliphatic hydroxyl groups is 1. The van der Waals surface area contributed by atoms with Crippen molar-refractivity contribution in [2.24, 2.45) is 5.92 Å². The van der Waals surface area contributed by atoms with E-state index in [0.29, 0.717) is 6.61 Å². The molecule has 1 aliphatic carbocycles. The molecule has 2 aliphatic rings. The van der Waals surface area contributed by atoms with Gasteiger partial charge in [0.1, 0.15) is 0 Å². The smallest absolute Gasteiger partial charge is 0.157 e. The van der Waals surface area contributed by atoms with E-state index in [2.05, 4.69) is 6.92 Å². The SMILES string of the molecule is C[C@@H](COC1CCCCO1)C1(O)CCCC1. The van der Waals surface area contributed by atoms with E-state index >= 15 is 0 Å². The average molecular weight is 228 g/mol. The fourth-order valence-corrected chi connectivity index (χ4v) is 2.73. The maximum Gasteiger partial charge on any atom is 0.157 e. The summed E-state index contributed by atoms with van der Waals surface area (Å²) in [6.07, 6.45) is 7.50. The molecule has 1 unspecified atom stereocenters. The van der Waals surface area contributed by atoms with Gasteiger partial charge in [-0.2, -0.15) is 0 Å². The number of rotatable bonds is 4. The van der Waals surface area contributed by atoms with Gasteiger partial charge in [0.15, 0.2) is 6.29 Å². The van der Waals surface area contributed by atoms with E-state index < -0.39 is 5.60 Å². The molecule has 0 spiro atoms. The first-order chi connectivity index (χ1) is 7.71. The van der Waals surface area contributed by atoms with E-state index in [-0.39, 0.29) is 12.2 Å². The fraction of sp³-hybridized carbons (Fsp3) is 1.00. The van der Waals surface area contributed by atoms with Crippen LogP contribution in [-0.2, 0) is 9.47 Å². The van der Waals surface area contributed by atoms with E-state index in [0.717, 1.165) is 45.1 Å². The summed E-state index contributed by atoms with van der Waals surface area (Å²) in [5.74, 6) is 0.223. The Kier molecular flexibility index (Phi) is 4.22. The van der Waals surface area contributed by atoms with Gasteiger partial charge in [-0.05, 0) is 32.1 Å². The molecule has 0 aromatic carbocycles. The molecule has 0 radical (unpaired) electrons. The third-order valence-corrected chi connectivity index (χ3v) is 4.06. The normalized spacial score (nSPS) is 31.5. The molecule has 2 fully saturated rings. The summed E-state index contributed by atoms with van der Waals surface area (Å²) >= 11 is 0. The predicted octanol–water partition coefficient (Wildman–Crippen LogP) is 2.47. The third kappa shape index (κ3) is 2.96. The lowest BCUT2D eigenvalue weighted by Gasteiger charge is -2.31. The van der Waals surface area contributed by atoms with E-state index in [1.807, 2.05) is 0 Å². The van der Waals surface area contributed by atoms with Gasteiger partial charge >= 0.3 is 0 Å². The van der Waals surface area contributed by atoms with Gasteiger partial charge in [0.05, 0.1) is 12.2 Å². The maximum atomic E-state index is 10.4. The molecule has 1 heterocycles. The van der Waals surface area contributed by atoms with Crippen molar-refractivity contribution in [1.82, 2.24) is 0 Å². The van der Waals surface area contributed by atoms with Crippen molar-refractivity contribution in [2.45, 2.75) is 63.8 Å².